The molecule has 2 spiro atoms. The minimum absolute atomic E-state index is 0.111. The van der Waals surface area contributed by atoms with Crippen molar-refractivity contribution in [3.05, 3.63) is 60.4 Å². The van der Waals surface area contributed by atoms with Crippen molar-refractivity contribution in [2.75, 3.05) is 49.6 Å². The molecule has 3 saturated heterocycles. The zero-order valence-corrected chi connectivity index (χ0v) is 30.8. The second-order valence-corrected chi connectivity index (χ2v) is 17.3. The summed E-state index contributed by atoms with van der Waals surface area (Å²) >= 11 is 0. The minimum Gasteiger partial charge on any atom is -0.379 e. The van der Waals surface area contributed by atoms with Crippen molar-refractivity contribution < 1.29 is 18.7 Å². The third kappa shape index (κ3) is 5.15. The van der Waals surface area contributed by atoms with E-state index in [0.717, 1.165) is 40.7 Å². The van der Waals surface area contributed by atoms with E-state index in [9.17, 15) is 14.0 Å². The standard InChI is InChI=1S/C41H47FN8O3/c1-25(2)49-24-44-33-19-32(46-36(35(33)49)45-31-6-12-43-20-30(31)42)26-4-5-29-34(16-26)50(28-17-27(18-28)48-13-9-40(21-48)7-8-40)38(52)41(29)10-14-47(15-11-41)37(51)39(3)22-53-23-39/h4-6,12,16,19-20,24-25,27-28H,7-11,13-15,17-18,21-23H2,1-3H3,(H,43,45,46)/t27-,28+. The topological polar surface area (TPSA) is 109 Å². The summed E-state index contributed by atoms with van der Waals surface area (Å²) in [6.07, 6.45) is 11.7. The van der Waals surface area contributed by atoms with E-state index in [1.54, 1.807) is 18.6 Å². The van der Waals surface area contributed by atoms with Crippen molar-refractivity contribution in [2.24, 2.45) is 10.8 Å². The Morgan fingerprint density at radius 2 is 1.81 bits per heavy atom. The van der Waals surface area contributed by atoms with Crippen molar-refractivity contribution in [2.45, 2.75) is 89.3 Å². The molecular weight excluding hydrogens is 672 g/mol. The maximum Gasteiger partial charge on any atom is 0.238 e. The van der Waals surface area contributed by atoms with Gasteiger partial charge in [-0.3, -0.25) is 19.5 Å². The lowest BCUT2D eigenvalue weighted by Crippen LogP contribution is -2.59. The predicted octanol–water partition coefficient (Wildman–Crippen LogP) is 6.22. The first kappa shape index (κ1) is 33.2. The molecule has 4 aromatic rings. The Hall–Kier alpha value is -4.42. The number of nitrogens with zero attached hydrogens (tertiary/aromatic N) is 7. The first-order valence-corrected chi connectivity index (χ1v) is 19.4. The lowest BCUT2D eigenvalue weighted by molar-refractivity contribution is -0.170. The molecule has 2 amide bonds. The maximum absolute atomic E-state index is 14.9. The first-order valence-electron chi connectivity index (χ1n) is 19.4. The number of ether oxygens (including phenoxy) is 1. The van der Waals surface area contributed by atoms with Gasteiger partial charge in [-0.15, -0.1) is 0 Å². The van der Waals surface area contributed by atoms with Crippen LogP contribution in [-0.2, 0) is 19.7 Å². The summed E-state index contributed by atoms with van der Waals surface area (Å²) in [5.74, 6) is 0.341. The highest BCUT2D eigenvalue weighted by Crippen LogP contribution is 2.56. The normalized spacial score (nSPS) is 25.3. The van der Waals surface area contributed by atoms with Gasteiger partial charge >= 0.3 is 0 Å². The molecule has 2 saturated carbocycles. The van der Waals surface area contributed by atoms with E-state index in [4.69, 9.17) is 14.7 Å². The quantitative estimate of drug-likeness (QED) is 0.240. The molecule has 0 bridgehead atoms. The third-order valence-corrected chi connectivity index (χ3v) is 13.5. The SMILES string of the molecule is CC(C)n1cnc2cc(-c3ccc4c(c3)N([C@H]3C[C@@H](N5CCC6(CC6)C5)C3)C(=O)C43CCN(C(=O)C4(C)COC4)CC3)nc(Nc3ccncc3F)c21. The number of imidazole rings is 1. The van der Waals surface area contributed by atoms with Crippen LogP contribution >= 0.6 is 0 Å². The molecule has 53 heavy (non-hydrogen) atoms. The van der Waals surface area contributed by atoms with Gasteiger partial charge in [0.05, 0.1) is 53.5 Å². The van der Waals surface area contributed by atoms with Gasteiger partial charge in [-0.25, -0.2) is 14.4 Å². The van der Waals surface area contributed by atoms with Crippen molar-refractivity contribution in [1.82, 2.24) is 29.3 Å². The molecule has 7 heterocycles. The summed E-state index contributed by atoms with van der Waals surface area (Å²) in [4.78, 5) is 48.9. The number of aromatic nitrogens is 4. The first-order chi connectivity index (χ1) is 25.6. The van der Waals surface area contributed by atoms with Gasteiger partial charge in [0, 0.05) is 55.2 Å². The largest absolute Gasteiger partial charge is 0.379 e. The molecule has 0 atom stereocenters. The molecule has 276 valence electrons. The van der Waals surface area contributed by atoms with Crippen LogP contribution in [0.2, 0.25) is 0 Å². The van der Waals surface area contributed by atoms with E-state index in [0.29, 0.717) is 62.1 Å². The number of nitrogens with one attached hydrogen (secondary N) is 1. The minimum atomic E-state index is -0.669. The monoisotopic (exact) mass is 718 g/mol. The average molecular weight is 719 g/mol. The summed E-state index contributed by atoms with van der Waals surface area (Å²) in [5, 5.41) is 3.24. The predicted molar refractivity (Wildman–Crippen MR) is 199 cm³/mol. The van der Waals surface area contributed by atoms with Crippen LogP contribution < -0.4 is 10.2 Å². The van der Waals surface area contributed by atoms with E-state index in [1.807, 2.05) is 22.5 Å². The van der Waals surface area contributed by atoms with E-state index in [-0.39, 0.29) is 29.6 Å². The number of rotatable bonds is 7. The number of hydrogen-bond donors (Lipinski definition) is 1. The number of halogens is 1. The van der Waals surface area contributed by atoms with Crippen LogP contribution in [0.15, 0.2) is 49.1 Å². The van der Waals surface area contributed by atoms with Gasteiger partial charge in [0.2, 0.25) is 11.8 Å². The molecule has 2 aliphatic carbocycles. The number of pyridine rings is 2. The fourth-order valence-electron chi connectivity index (χ4n) is 9.83. The smallest absolute Gasteiger partial charge is 0.238 e. The van der Waals surface area contributed by atoms with Crippen LogP contribution in [0.5, 0.6) is 0 Å². The molecule has 1 N–H and O–H groups in total. The fraction of sp³-hybridized carbons (Fsp3) is 0.537. The van der Waals surface area contributed by atoms with Gasteiger partial charge < -0.3 is 24.4 Å². The number of benzene rings is 1. The number of carbonyl (C=O) groups is 2. The second kappa shape index (κ2) is 11.8. The molecule has 6 aliphatic rings. The number of hydrogen-bond acceptors (Lipinski definition) is 8. The Kier molecular flexibility index (Phi) is 7.38. The molecule has 4 aliphatic heterocycles. The number of anilines is 3. The van der Waals surface area contributed by atoms with Crippen LogP contribution in [0.25, 0.3) is 22.3 Å². The molecular formula is C41H47FN8O3. The molecule has 10 rings (SSSR count). The van der Waals surface area contributed by atoms with Crippen LogP contribution in [0, 0.1) is 16.6 Å². The Labute approximate surface area is 308 Å². The van der Waals surface area contributed by atoms with Gasteiger partial charge in [0.15, 0.2) is 11.6 Å². The number of likely N-dealkylation sites (tertiary alicyclic amines) is 2. The number of carbonyl (C=O) groups excluding carboxylic acids is 2. The lowest BCUT2D eigenvalue weighted by Gasteiger charge is -2.47. The zero-order chi connectivity index (χ0) is 36.3. The highest BCUT2D eigenvalue weighted by Gasteiger charge is 2.58. The molecule has 0 unspecified atom stereocenters. The summed E-state index contributed by atoms with van der Waals surface area (Å²) in [7, 11) is 0. The van der Waals surface area contributed by atoms with Gasteiger partial charge in [-0.05, 0) is 101 Å². The van der Waals surface area contributed by atoms with Crippen molar-refractivity contribution in [1.29, 1.82) is 0 Å². The Balaban J connectivity index is 1.01. The molecule has 12 heteroatoms. The van der Waals surface area contributed by atoms with Gasteiger partial charge in [0.1, 0.15) is 5.52 Å². The maximum atomic E-state index is 14.9. The molecule has 3 aromatic heterocycles. The summed E-state index contributed by atoms with van der Waals surface area (Å²) in [6, 6.07) is 10.7. The number of piperidine rings is 1. The molecule has 5 fully saturated rings. The summed E-state index contributed by atoms with van der Waals surface area (Å²) in [6.45, 7) is 10.5. The van der Waals surface area contributed by atoms with Crippen LogP contribution in [-0.4, -0.2) is 92.6 Å². The van der Waals surface area contributed by atoms with E-state index >= 15 is 0 Å². The molecule has 0 radical (unpaired) electrons. The summed E-state index contributed by atoms with van der Waals surface area (Å²) < 4.78 is 22.3. The number of amides is 2. The average Bonchev–Trinajstić information content (AvgIpc) is 3.44. The zero-order valence-electron chi connectivity index (χ0n) is 30.8. The number of fused-ring (bicyclic) bond motifs is 3. The van der Waals surface area contributed by atoms with Crippen molar-refractivity contribution in [3.8, 4) is 11.3 Å². The van der Waals surface area contributed by atoms with Crippen LogP contribution in [0.1, 0.15) is 77.3 Å². The van der Waals surface area contributed by atoms with Crippen LogP contribution in [0.4, 0.5) is 21.6 Å². The molecule has 11 nitrogen and oxygen atoms in total. The third-order valence-electron chi connectivity index (χ3n) is 13.5. The van der Waals surface area contributed by atoms with Crippen LogP contribution in [0.3, 0.4) is 0 Å². The lowest BCUT2D eigenvalue weighted by atomic mass is 9.72. The van der Waals surface area contributed by atoms with Gasteiger partial charge in [-0.2, -0.15) is 0 Å². The van der Waals surface area contributed by atoms with E-state index in [2.05, 4.69) is 52.1 Å². The molecule has 1 aromatic carbocycles. The Morgan fingerprint density at radius 1 is 1.02 bits per heavy atom. The second-order valence-electron chi connectivity index (χ2n) is 17.3. The Morgan fingerprint density at radius 3 is 2.49 bits per heavy atom. The van der Waals surface area contributed by atoms with E-state index < -0.39 is 16.6 Å². The van der Waals surface area contributed by atoms with Crippen molar-refractivity contribution >= 4 is 40.0 Å². The Bertz CT molecular complexity index is 2140. The fourth-order valence-corrected chi connectivity index (χ4v) is 9.83. The summed E-state index contributed by atoms with van der Waals surface area (Å²) in [5.41, 5.74) is 4.83. The van der Waals surface area contributed by atoms with Crippen molar-refractivity contribution in [3.63, 3.8) is 0 Å². The van der Waals surface area contributed by atoms with Gasteiger partial charge in [0.25, 0.3) is 0 Å². The van der Waals surface area contributed by atoms with Gasteiger partial charge in [-0.1, -0.05) is 12.1 Å². The highest BCUT2D eigenvalue weighted by atomic mass is 19.1. The highest BCUT2D eigenvalue weighted by molar-refractivity contribution is 6.09. The van der Waals surface area contributed by atoms with E-state index in [1.165, 1.54) is 38.5 Å².